The Morgan fingerprint density at radius 2 is 1.89 bits per heavy atom. The molecule has 3 nitrogen and oxygen atoms in total. The first-order valence-electron chi connectivity index (χ1n) is 6.80. The lowest BCUT2D eigenvalue weighted by atomic mass is 9.92. The van der Waals surface area contributed by atoms with Crippen LogP contribution in [0.25, 0.3) is 0 Å². The molecule has 1 unspecified atom stereocenters. The van der Waals surface area contributed by atoms with E-state index in [-0.39, 0.29) is 12.1 Å². The van der Waals surface area contributed by atoms with E-state index >= 15 is 0 Å². The zero-order chi connectivity index (χ0) is 13.3. The van der Waals surface area contributed by atoms with Gasteiger partial charge in [-0.05, 0) is 44.7 Å². The van der Waals surface area contributed by atoms with E-state index < -0.39 is 0 Å². The van der Waals surface area contributed by atoms with Gasteiger partial charge in [-0.1, -0.05) is 30.3 Å². The fourth-order valence-electron chi connectivity index (χ4n) is 2.06. The number of unbranched alkanes of at least 4 members (excludes halogenated alkanes) is 2. The number of aliphatic hydroxyl groups is 1. The van der Waals surface area contributed by atoms with Gasteiger partial charge in [-0.15, -0.1) is 0 Å². The van der Waals surface area contributed by atoms with Gasteiger partial charge in [0.2, 0.25) is 0 Å². The van der Waals surface area contributed by atoms with Gasteiger partial charge in [-0.25, -0.2) is 0 Å². The first-order valence-corrected chi connectivity index (χ1v) is 6.80. The Balaban J connectivity index is 2.37. The lowest BCUT2D eigenvalue weighted by molar-refractivity contribution is 0.280. The summed E-state index contributed by atoms with van der Waals surface area (Å²) in [7, 11) is 0. The highest BCUT2D eigenvalue weighted by Gasteiger charge is 2.21. The normalized spacial score (nSPS) is 14.4. The highest BCUT2D eigenvalue weighted by Crippen LogP contribution is 2.12. The molecule has 0 bridgehead atoms. The maximum Gasteiger partial charge on any atom is 0.0431 e. The van der Waals surface area contributed by atoms with Gasteiger partial charge in [0.15, 0.2) is 0 Å². The molecule has 0 radical (unpaired) electrons. The van der Waals surface area contributed by atoms with Gasteiger partial charge in [0.1, 0.15) is 0 Å². The summed E-state index contributed by atoms with van der Waals surface area (Å²) in [5.41, 5.74) is 7.17. The van der Waals surface area contributed by atoms with Gasteiger partial charge in [0.25, 0.3) is 0 Å². The SMILES string of the molecule is CC(CN)(Cc1ccccc1)NCCCCCO. The number of benzene rings is 1. The van der Waals surface area contributed by atoms with E-state index in [0.717, 1.165) is 32.2 Å². The molecular formula is C15H26N2O. The van der Waals surface area contributed by atoms with Crippen molar-refractivity contribution in [3.8, 4) is 0 Å². The molecule has 0 saturated heterocycles. The van der Waals surface area contributed by atoms with Crippen LogP contribution in [0.3, 0.4) is 0 Å². The van der Waals surface area contributed by atoms with E-state index in [1.54, 1.807) is 0 Å². The summed E-state index contributed by atoms with van der Waals surface area (Å²) in [5.74, 6) is 0. The van der Waals surface area contributed by atoms with Crippen molar-refractivity contribution in [2.24, 2.45) is 5.73 Å². The summed E-state index contributed by atoms with van der Waals surface area (Å²) in [4.78, 5) is 0. The van der Waals surface area contributed by atoms with E-state index in [9.17, 15) is 0 Å². The van der Waals surface area contributed by atoms with Crippen LogP contribution in [0.2, 0.25) is 0 Å². The Morgan fingerprint density at radius 1 is 1.17 bits per heavy atom. The van der Waals surface area contributed by atoms with Crippen molar-refractivity contribution in [3.05, 3.63) is 35.9 Å². The second kappa shape index (κ2) is 8.25. The second-order valence-electron chi connectivity index (χ2n) is 5.14. The van der Waals surface area contributed by atoms with E-state index in [1.165, 1.54) is 5.56 Å². The third-order valence-corrected chi connectivity index (χ3v) is 3.27. The molecule has 1 rings (SSSR count). The molecule has 1 aromatic carbocycles. The Labute approximate surface area is 110 Å². The Kier molecular flexibility index (Phi) is 6.94. The van der Waals surface area contributed by atoms with Gasteiger partial charge >= 0.3 is 0 Å². The minimum atomic E-state index is -0.0411. The molecule has 1 aromatic rings. The van der Waals surface area contributed by atoms with E-state index in [2.05, 4.69) is 36.5 Å². The minimum absolute atomic E-state index is 0.0411. The van der Waals surface area contributed by atoms with Crippen LogP contribution >= 0.6 is 0 Å². The van der Waals surface area contributed by atoms with Crippen molar-refractivity contribution >= 4 is 0 Å². The molecule has 0 spiro atoms. The van der Waals surface area contributed by atoms with Crippen LogP contribution in [-0.2, 0) is 6.42 Å². The summed E-state index contributed by atoms with van der Waals surface area (Å²) in [5, 5.41) is 12.3. The number of hydrogen-bond acceptors (Lipinski definition) is 3. The molecule has 1 atom stereocenters. The lowest BCUT2D eigenvalue weighted by Crippen LogP contribution is -2.50. The molecule has 0 fully saturated rings. The Hall–Kier alpha value is -0.900. The smallest absolute Gasteiger partial charge is 0.0431 e. The topological polar surface area (TPSA) is 58.3 Å². The average molecular weight is 250 g/mol. The fourth-order valence-corrected chi connectivity index (χ4v) is 2.06. The molecule has 0 aliphatic carbocycles. The minimum Gasteiger partial charge on any atom is -0.396 e. The van der Waals surface area contributed by atoms with Crippen molar-refractivity contribution in [3.63, 3.8) is 0 Å². The maximum absolute atomic E-state index is 8.73. The van der Waals surface area contributed by atoms with Crippen LogP contribution in [-0.4, -0.2) is 30.3 Å². The van der Waals surface area contributed by atoms with Crippen LogP contribution in [0.1, 0.15) is 31.7 Å². The van der Waals surface area contributed by atoms with Crippen LogP contribution in [0, 0.1) is 0 Å². The molecule has 0 saturated carbocycles. The second-order valence-corrected chi connectivity index (χ2v) is 5.14. The van der Waals surface area contributed by atoms with Gasteiger partial charge in [0.05, 0.1) is 0 Å². The summed E-state index contributed by atoms with van der Waals surface area (Å²) >= 11 is 0. The summed E-state index contributed by atoms with van der Waals surface area (Å²) in [6.45, 7) is 4.05. The summed E-state index contributed by atoms with van der Waals surface area (Å²) in [6, 6.07) is 10.4. The van der Waals surface area contributed by atoms with Crippen LogP contribution in [0.15, 0.2) is 30.3 Å². The van der Waals surface area contributed by atoms with Gasteiger partial charge in [-0.3, -0.25) is 0 Å². The number of nitrogens with one attached hydrogen (secondary N) is 1. The molecule has 0 aliphatic heterocycles. The van der Waals surface area contributed by atoms with E-state index in [4.69, 9.17) is 10.8 Å². The van der Waals surface area contributed by atoms with Crippen molar-refractivity contribution in [2.75, 3.05) is 19.7 Å². The molecule has 0 amide bonds. The van der Waals surface area contributed by atoms with Crippen molar-refractivity contribution in [1.29, 1.82) is 0 Å². The molecular weight excluding hydrogens is 224 g/mol. The summed E-state index contributed by atoms with van der Waals surface area (Å²) < 4.78 is 0. The highest BCUT2D eigenvalue weighted by atomic mass is 16.2. The number of aliphatic hydroxyl groups excluding tert-OH is 1. The summed E-state index contributed by atoms with van der Waals surface area (Å²) in [6.07, 6.45) is 3.99. The zero-order valence-corrected chi connectivity index (χ0v) is 11.4. The Morgan fingerprint density at radius 3 is 2.50 bits per heavy atom. The number of hydrogen-bond donors (Lipinski definition) is 3. The largest absolute Gasteiger partial charge is 0.396 e. The Bertz CT molecular complexity index is 316. The molecule has 0 aliphatic rings. The monoisotopic (exact) mass is 250 g/mol. The van der Waals surface area contributed by atoms with Crippen molar-refractivity contribution in [1.82, 2.24) is 5.32 Å². The first-order chi connectivity index (χ1) is 8.70. The number of nitrogens with two attached hydrogens (primary N) is 1. The van der Waals surface area contributed by atoms with Crippen molar-refractivity contribution in [2.45, 2.75) is 38.1 Å². The molecule has 3 heteroatoms. The maximum atomic E-state index is 8.73. The highest BCUT2D eigenvalue weighted by molar-refractivity contribution is 5.17. The van der Waals surface area contributed by atoms with Crippen LogP contribution in [0.5, 0.6) is 0 Å². The quantitative estimate of drug-likeness (QED) is 0.585. The first kappa shape index (κ1) is 15.2. The standard InChI is InChI=1S/C15H26N2O/c1-15(13-16,17-10-6-3-7-11-18)12-14-8-4-2-5-9-14/h2,4-5,8-9,17-18H,3,6-7,10-13,16H2,1H3. The zero-order valence-electron chi connectivity index (χ0n) is 11.4. The van der Waals surface area contributed by atoms with E-state index in [1.807, 2.05) is 6.07 Å². The van der Waals surface area contributed by atoms with Crippen LogP contribution in [0.4, 0.5) is 0 Å². The third kappa shape index (κ3) is 5.63. The molecule has 18 heavy (non-hydrogen) atoms. The van der Waals surface area contributed by atoms with Gasteiger partial charge in [0, 0.05) is 18.7 Å². The molecule has 102 valence electrons. The fraction of sp³-hybridized carbons (Fsp3) is 0.600. The number of rotatable bonds is 9. The van der Waals surface area contributed by atoms with Gasteiger partial charge in [-0.2, -0.15) is 0 Å². The predicted octanol–water partition coefficient (Wildman–Crippen LogP) is 1.70. The van der Waals surface area contributed by atoms with Gasteiger partial charge < -0.3 is 16.2 Å². The molecule has 0 heterocycles. The third-order valence-electron chi connectivity index (χ3n) is 3.27. The average Bonchev–Trinajstić information content (AvgIpc) is 2.40. The molecule has 0 aromatic heterocycles. The lowest BCUT2D eigenvalue weighted by Gasteiger charge is -2.30. The predicted molar refractivity (Wildman–Crippen MR) is 76.5 cm³/mol. The molecule has 4 N–H and O–H groups in total. The van der Waals surface area contributed by atoms with Crippen molar-refractivity contribution < 1.29 is 5.11 Å². The van der Waals surface area contributed by atoms with E-state index in [0.29, 0.717) is 6.54 Å². The van der Waals surface area contributed by atoms with Crippen LogP contribution < -0.4 is 11.1 Å².